The van der Waals surface area contributed by atoms with E-state index in [1.807, 2.05) is 0 Å². The Hall–Kier alpha value is -1.79. The third-order valence-electron chi connectivity index (χ3n) is 1.58. The second-order valence-electron chi connectivity index (χ2n) is 2.98. The number of carbonyl (C=O) groups excluding carboxylic acids is 3. The lowest BCUT2D eigenvalue weighted by Gasteiger charge is -2.06. The molecule has 0 aromatic rings. The van der Waals surface area contributed by atoms with Crippen LogP contribution in [-0.2, 0) is 14.3 Å². The number of esters is 1. The van der Waals surface area contributed by atoms with Gasteiger partial charge in [0.15, 0.2) is 0 Å². The molecule has 0 aliphatic rings. The van der Waals surface area contributed by atoms with E-state index < -0.39 is 17.9 Å². The molecule has 7 heteroatoms. The molecule has 0 saturated carbocycles. The second-order valence-corrected chi connectivity index (χ2v) is 2.98. The Labute approximate surface area is 93.7 Å². The highest BCUT2D eigenvalue weighted by molar-refractivity contribution is 5.80. The van der Waals surface area contributed by atoms with Crippen molar-refractivity contribution in [2.75, 3.05) is 19.7 Å². The molecule has 4 N–H and O–H groups in total. The topological polar surface area (TPSA) is 111 Å². The highest BCUT2D eigenvalue weighted by Crippen LogP contribution is 1.84. The average molecular weight is 231 g/mol. The van der Waals surface area contributed by atoms with Gasteiger partial charge in [-0.15, -0.1) is 0 Å². The van der Waals surface area contributed by atoms with Gasteiger partial charge in [0, 0.05) is 13.0 Å². The van der Waals surface area contributed by atoms with Gasteiger partial charge in [-0.3, -0.25) is 9.59 Å². The summed E-state index contributed by atoms with van der Waals surface area (Å²) >= 11 is 0. The van der Waals surface area contributed by atoms with Crippen molar-refractivity contribution in [2.45, 2.75) is 19.8 Å². The van der Waals surface area contributed by atoms with Crippen molar-refractivity contribution in [2.24, 2.45) is 5.73 Å². The fraction of sp³-hybridized carbons (Fsp3) is 0.667. The second kappa shape index (κ2) is 8.51. The molecular weight excluding hydrogens is 214 g/mol. The van der Waals surface area contributed by atoms with Crippen LogP contribution >= 0.6 is 0 Å². The fourth-order valence-corrected chi connectivity index (χ4v) is 0.892. The lowest BCUT2D eigenvalue weighted by atomic mass is 10.3. The van der Waals surface area contributed by atoms with Crippen molar-refractivity contribution in [3.8, 4) is 0 Å². The van der Waals surface area contributed by atoms with Crippen molar-refractivity contribution in [1.29, 1.82) is 0 Å². The largest absolute Gasteiger partial charge is 0.465 e. The van der Waals surface area contributed by atoms with Crippen molar-refractivity contribution in [3.63, 3.8) is 0 Å². The van der Waals surface area contributed by atoms with E-state index in [1.165, 1.54) is 0 Å². The van der Waals surface area contributed by atoms with Gasteiger partial charge >= 0.3 is 12.0 Å². The summed E-state index contributed by atoms with van der Waals surface area (Å²) in [4.78, 5) is 32.3. The molecule has 0 aromatic heterocycles. The summed E-state index contributed by atoms with van der Waals surface area (Å²) in [6.45, 7) is 2.12. The summed E-state index contributed by atoms with van der Waals surface area (Å²) in [6.07, 6.45) is 0.695. The quantitative estimate of drug-likeness (QED) is 0.390. The molecule has 16 heavy (non-hydrogen) atoms. The molecule has 0 aliphatic carbocycles. The molecule has 0 saturated heterocycles. The zero-order chi connectivity index (χ0) is 12.4. The van der Waals surface area contributed by atoms with Crippen LogP contribution in [0.1, 0.15) is 19.8 Å². The number of hydrogen-bond donors (Lipinski definition) is 3. The molecule has 3 amide bonds. The van der Waals surface area contributed by atoms with Gasteiger partial charge in [-0.2, -0.15) is 0 Å². The van der Waals surface area contributed by atoms with Gasteiger partial charge < -0.3 is 21.1 Å². The van der Waals surface area contributed by atoms with Crippen LogP contribution in [0.25, 0.3) is 0 Å². The third kappa shape index (κ3) is 8.79. The SMILES string of the molecule is CCOC(=O)CNC(=O)NCCCC(N)=O. The average Bonchev–Trinajstić information content (AvgIpc) is 2.22. The molecule has 0 fully saturated rings. The summed E-state index contributed by atoms with van der Waals surface area (Å²) in [7, 11) is 0. The van der Waals surface area contributed by atoms with Crippen LogP contribution in [0, 0.1) is 0 Å². The molecule has 0 aliphatic heterocycles. The number of hydrogen-bond acceptors (Lipinski definition) is 4. The molecule has 92 valence electrons. The van der Waals surface area contributed by atoms with Crippen LogP contribution < -0.4 is 16.4 Å². The first kappa shape index (κ1) is 14.2. The maximum absolute atomic E-state index is 11.1. The lowest BCUT2D eigenvalue weighted by Crippen LogP contribution is -2.39. The normalized spacial score (nSPS) is 9.31. The number of rotatable bonds is 7. The first-order valence-corrected chi connectivity index (χ1v) is 5.02. The Bertz CT molecular complexity index is 255. The maximum Gasteiger partial charge on any atom is 0.325 e. The summed E-state index contributed by atoms with van der Waals surface area (Å²) < 4.78 is 4.61. The Balaban J connectivity index is 3.44. The highest BCUT2D eigenvalue weighted by Gasteiger charge is 2.04. The molecule has 0 aromatic carbocycles. The highest BCUT2D eigenvalue weighted by atomic mass is 16.5. The van der Waals surface area contributed by atoms with E-state index in [2.05, 4.69) is 15.4 Å². The fourth-order valence-electron chi connectivity index (χ4n) is 0.892. The zero-order valence-corrected chi connectivity index (χ0v) is 9.25. The number of carbonyl (C=O) groups is 3. The predicted molar refractivity (Wildman–Crippen MR) is 56.5 cm³/mol. The molecule has 0 heterocycles. The van der Waals surface area contributed by atoms with Gasteiger partial charge in [-0.1, -0.05) is 0 Å². The van der Waals surface area contributed by atoms with Gasteiger partial charge in [-0.05, 0) is 13.3 Å². The minimum atomic E-state index is -0.491. The number of primary amides is 1. The van der Waals surface area contributed by atoms with E-state index in [-0.39, 0.29) is 19.6 Å². The van der Waals surface area contributed by atoms with Crippen LogP contribution in [0.15, 0.2) is 0 Å². The molecule has 7 nitrogen and oxygen atoms in total. The van der Waals surface area contributed by atoms with Gasteiger partial charge in [0.25, 0.3) is 0 Å². The standard InChI is InChI=1S/C9H17N3O4/c1-2-16-8(14)6-12-9(15)11-5-3-4-7(10)13/h2-6H2,1H3,(H2,10,13)(H2,11,12,15). The minimum Gasteiger partial charge on any atom is -0.465 e. The summed E-state index contributed by atoms with van der Waals surface area (Å²) in [6, 6.07) is -0.475. The van der Waals surface area contributed by atoms with Gasteiger partial charge in [0.1, 0.15) is 6.54 Å². The minimum absolute atomic E-state index is 0.171. The predicted octanol–water partition coefficient (Wildman–Crippen LogP) is -0.886. The Morgan fingerprint density at radius 1 is 1.25 bits per heavy atom. The van der Waals surface area contributed by atoms with Crippen molar-refractivity contribution >= 4 is 17.9 Å². The van der Waals surface area contributed by atoms with Crippen molar-refractivity contribution < 1.29 is 19.1 Å². The monoisotopic (exact) mass is 231 g/mol. The molecule has 0 radical (unpaired) electrons. The number of urea groups is 1. The van der Waals surface area contributed by atoms with E-state index in [4.69, 9.17) is 5.73 Å². The first-order chi connectivity index (χ1) is 7.56. The van der Waals surface area contributed by atoms with E-state index in [0.29, 0.717) is 13.0 Å². The van der Waals surface area contributed by atoms with Crippen LogP contribution in [0.2, 0.25) is 0 Å². The molecule has 0 spiro atoms. The Morgan fingerprint density at radius 3 is 2.50 bits per heavy atom. The van der Waals surface area contributed by atoms with E-state index in [0.717, 1.165) is 0 Å². The number of amides is 3. The number of ether oxygens (including phenoxy) is 1. The van der Waals surface area contributed by atoms with E-state index >= 15 is 0 Å². The maximum atomic E-state index is 11.1. The third-order valence-corrected chi connectivity index (χ3v) is 1.58. The Kier molecular flexibility index (Phi) is 7.56. The lowest BCUT2D eigenvalue weighted by molar-refractivity contribution is -0.141. The Morgan fingerprint density at radius 2 is 1.94 bits per heavy atom. The van der Waals surface area contributed by atoms with Crippen molar-refractivity contribution in [3.05, 3.63) is 0 Å². The van der Waals surface area contributed by atoms with Gasteiger partial charge in [0.2, 0.25) is 5.91 Å². The van der Waals surface area contributed by atoms with Crippen LogP contribution in [0.5, 0.6) is 0 Å². The smallest absolute Gasteiger partial charge is 0.325 e. The first-order valence-electron chi connectivity index (χ1n) is 5.02. The molecule has 0 atom stereocenters. The molecule has 0 unspecified atom stereocenters. The summed E-state index contributed by atoms with van der Waals surface area (Å²) in [5.74, 6) is -0.900. The zero-order valence-electron chi connectivity index (χ0n) is 9.25. The summed E-state index contributed by atoms with van der Waals surface area (Å²) in [5.41, 5.74) is 4.91. The number of nitrogens with two attached hydrogens (primary N) is 1. The van der Waals surface area contributed by atoms with E-state index in [1.54, 1.807) is 6.92 Å². The number of nitrogens with one attached hydrogen (secondary N) is 2. The van der Waals surface area contributed by atoms with Crippen molar-refractivity contribution in [1.82, 2.24) is 10.6 Å². The van der Waals surface area contributed by atoms with E-state index in [9.17, 15) is 14.4 Å². The molecule has 0 rings (SSSR count). The molecule has 0 bridgehead atoms. The van der Waals surface area contributed by atoms with Crippen LogP contribution in [0.4, 0.5) is 4.79 Å². The van der Waals surface area contributed by atoms with Gasteiger partial charge in [0.05, 0.1) is 6.61 Å². The van der Waals surface area contributed by atoms with Gasteiger partial charge in [-0.25, -0.2) is 4.79 Å². The molecular formula is C9H17N3O4. The van der Waals surface area contributed by atoms with Crippen LogP contribution in [-0.4, -0.2) is 37.6 Å². The van der Waals surface area contributed by atoms with Crippen LogP contribution in [0.3, 0.4) is 0 Å². The summed E-state index contributed by atoms with van der Waals surface area (Å²) in [5, 5.41) is 4.78.